The zero-order chi connectivity index (χ0) is 11.7. The Labute approximate surface area is 101 Å². The van der Waals surface area contributed by atoms with E-state index in [2.05, 4.69) is 35.2 Å². The topological polar surface area (TPSA) is 27.1 Å². The maximum absolute atomic E-state index is 8.14. The van der Waals surface area contributed by atoms with Gasteiger partial charge in [0, 0.05) is 18.7 Å². The molecule has 0 saturated heterocycles. The highest BCUT2D eigenvalue weighted by molar-refractivity contribution is 5.98. The molecule has 0 amide bonds. The van der Waals surface area contributed by atoms with Crippen molar-refractivity contribution < 1.29 is 0 Å². The van der Waals surface area contributed by atoms with E-state index in [1.807, 2.05) is 24.3 Å². The van der Waals surface area contributed by atoms with Crippen LogP contribution in [0, 0.1) is 5.41 Å². The number of amidine groups is 1. The van der Waals surface area contributed by atoms with E-state index in [1.165, 1.54) is 11.1 Å². The van der Waals surface area contributed by atoms with Crippen molar-refractivity contribution in [3.8, 4) is 0 Å². The summed E-state index contributed by atoms with van der Waals surface area (Å²) in [6.07, 6.45) is 0.727. The van der Waals surface area contributed by atoms with Gasteiger partial charge in [0.2, 0.25) is 0 Å². The molecule has 2 aromatic rings. The van der Waals surface area contributed by atoms with Crippen LogP contribution in [0.15, 0.2) is 54.6 Å². The third-order valence-electron chi connectivity index (χ3n) is 3.20. The normalized spacial score (nSPS) is 14.6. The van der Waals surface area contributed by atoms with Crippen molar-refractivity contribution in [1.29, 1.82) is 5.41 Å². The monoisotopic (exact) mass is 222 g/mol. The zero-order valence-corrected chi connectivity index (χ0v) is 9.56. The summed E-state index contributed by atoms with van der Waals surface area (Å²) in [6, 6.07) is 18.5. The molecule has 0 radical (unpaired) electrons. The first-order chi connectivity index (χ1) is 8.34. The van der Waals surface area contributed by atoms with Crippen LogP contribution in [0.1, 0.15) is 11.1 Å². The molecule has 1 heterocycles. The van der Waals surface area contributed by atoms with Gasteiger partial charge in [-0.3, -0.25) is 5.41 Å². The predicted octanol–water partition coefficient (Wildman–Crippen LogP) is 3.23. The number of hydrogen-bond donors (Lipinski definition) is 1. The van der Waals surface area contributed by atoms with Crippen molar-refractivity contribution in [2.75, 3.05) is 4.90 Å². The van der Waals surface area contributed by atoms with Crippen LogP contribution >= 0.6 is 0 Å². The first-order valence-corrected chi connectivity index (χ1v) is 5.81. The minimum absolute atomic E-state index is 0.676. The Balaban J connectivity index is 1.98. The van der Waals surface area contributed by atoms with Crippen LogP contribution in [0.3, 0.4) is 0 Å². The summed E-state index contributed by atoms with van der Waals surface area (Å²) in [4.78, 5) is 2.07. The maximum atomic E-state index is 8.14. The highest BCUT2D eigenvalue weighted by atomic mass is 15.2. The van der Waals surface area contributed by atoms with Crippen LogP contribution in [0.4, 0.5) is 5.69 Å². The average Bonchev–Trinajstić information content (AvgIpc) is 2.39. The molecule has 2 aromatic carbocycles. The molecule has 0 saturated carbocycles. The molecule has 0 fully saturated rings. The molecule has 0 unspecified atom stereocenters. The number of benzene rings is 2. The lowest BCUT2D eigenvalue weighted by atomic mass is 9.98. The Morgan fingerprint density at radius 3 is 2.24 bits per heavy atom. The lowest BCUT2D eigenvalue weighted by molar-refractivity contribution is 0.917. The molecule has 0 atom stereocenters. The minimum Gasteiger partial charge on any atom is -0.326 e. The second-order valence-corrected chi connectivity index (χ2v) is 4.31. The number of nitrogens with zero attached hydrogens (tertiary/aromatic N) is 1. The standard InChI is InChI=1S/C15H14N2/c16-15-10-12-6-4-5-7-13(12)11-17(15)14-8-2-1-3-9-14/h1-9,16H,10-11H2. The van der Waals surface area contributed by atoms with E-state index in [0.717, 1.165) is 18.7 Å². The molecule has 3 rings (SSSR count). The summed E-state index contributed by atoms with van der Waals surface area (Å²) >= 11 is 0. The molecule has 2 nitrogen and oxygen atoms in total. The molecular weight excluding hydrogens is 208 g/mol. The van der Waals surface area contributed by atoms with Gasteiger partial charge >= 0.3 is 0 Å². The van der Waals surface area contributed by atoms with Gasteiger partial charge < -0.3 is 4.90 Å². The lowest BCUT2D eigenvalue weighted by Crippen LogP contribution is -2.35. The van der Waals surface area contributed by atoms with Crippen LogP contribution in [-0.4, -0.2) is 5.84 Å². The molecular formula is C15H14N2. The molecule has 0 bridgehead atoms. The van der Waals surface area contributed by atoms with E-state index in [-0.39, 0.29) is 0 Å². The first kappa shape index (κ1) is 10.1. The molecule has 84 valence electrons. The van der Waals surface area contributed by atoms with Crippen LogP contribution in [0.25, 0.3) is 0 Å². The van der Waals surface area contributed by atoms with Crippen LogP contribution in [0.2, 0.25) is 0 Å². The summed E-state index contributed by atoms with van der Waals surface area (Å²) in [5, 5.41) is 8.14. The predicted molar refractivity (Wildman–Crippen MR) is 70.5 cm³/mol. The van der Waals surface area contributed by atoms with E-state index in [9.17, 15) is 0 Å². The van der Waals surface area contributed by atoms with E-state index < -0.39 is 0 Å². The Morgan fingerprint density at radius 1 is 0.824 bits per heavy atom. The Hall–Kier alpha value is -2.09. The average molecular weight is 222 g/mol. The smallest absolute Gasteiger partial charge is 0.105 e. The van der Waals surface area contributed by atoms with Gasteiger partial charge in [0.15, 0.2) is 0 Å². The van der Waals surface area contributed by atoms with Gasteiger partial charge in [0.25, 0.3) is 0 Å². The van der Waals surface area contributed by atoms with Gasteiger partial charge in [-0.25, -0.2) is 0 Å². The minimum atomic E-state index is 0.676. The van der Waals surface area contributed by atoms with Gasteiger partial charge in [-0.15, -0.1) is 0 Å². The second-order valence-electron chi connectivity index (χ2n) is 4.31. The molecule has 17 heavy (non-hydrogen) atoms. The van der Waals surface area contributed by atoms with E-state index in [4.69, 9.17) is 5.41 Å². The van der Waals surface area contributed by atoms with Gasteiger partial charge in [-0.2, -0.15) is 0 Å². The molecule has 2 heteroatoms. The van der Waals surface area contributed by atoms with Crippen LogP contribution in [0.5, 0.6) is 0 Å². The molecule has 0 spiro atoms. The number of hydrogen-bond acceptors (Lipinski definition) is 1. The summed E-state index contributed by atoms with van der Waals surface area (Å²) in [6.45, 7) is 0.805. The molecule has 1 aliphatic rings. The van der Waals surface area contributed by atoms with E-state index in [0.29, 0.717) is 5.84 Å². The number of para-hydroxylation sites is 1. The fraction of sp³-hybridized carbons (Fsp3) is 0.133. The quantitative estimate of drug-likeness (QED) is 0.788. The van der Waals surface area contributed by atoms with E-state index in [1.54, 1.807) is 0 Å². The third kappa shape index (κ3) is 1.82. The highest BCUT2D eigenvalue weighted by Crippen LogP contribution is 2.24. The van der Waals surface area contributed by atoms with Crippen molar-refractivity contribution in [1.82, 2.24) is 0 Å². The van der Waals surface area contributed by atoms with Crippen LogP contribution < -0.4 is 4.90 Å². The van der Waals surface area contributed by atoms with Crippen molar-refractivity contribution in [3.05, 3.63) is 65.7 Å². The first-order valence-electron chi connectivity index (χ1n) is 5.81. The summed E-state index contributed by atoms with van der Waals surface area (Å²) in [5.74, 6) is 0.676. The van der Waals surface area contributed by atoms with Gasteiger partial charge in [0.1, 0.15) is 5.84 Å². The van der Waals surface area contributed by atoms with Crippen molar-refractivity contribution >= 4 is 11.5 Å². The number of anilines is 1. The zero-order valence-electron chi connectivity index (χ0n) is 9.56. The summed E-state index contributed by atoms with van der Waals surface area (Å²) in [5.41, 5.74) is 3.71. The third-order valence-corrected chi connectivity index (χ3v) is 3.20. The van der Waals surface area contributed by atoms with Crippen molar-refractivity contribution in [3.63, 3.8) is 0 Å². The SMILES string of the molecule is N=C1Cc2ccccc2CN1c1ccccc1. The number of rotatable bonds is 1. The van der Waals surface area contributed by atoms with E-state index >= 15 is 0 Å². The molecule has 1 N–H and O–H groups in total. The number of nitrogens with one attached hydrogen (secondary N) is 1. The lowest BCUT2D eigenvalue weighted by Gasteiger charge is -2.31. The summed E-state index contributed by atoms with van der Waals surface area (Å²) in [7, 11) is 0. The molecule has 0 aromatic heterocycles. The molecule has 1 aliphatic heterocycles. The fourth-order valence-corrected chi connectivity index (χ4v) is 2.28. The fourth-order valence-electron chi connectivity index (χ4n) is 2.28. The Bertz CT molecular complexity index is 546. The van der Waals surface area contributed by atoms with Gasteiger partial charge in [-0.1, -0.05) is 42.5 Å². The number of fused-ring (bicyclic) bond motifs is 1. The maximum Gasteiger partial charge on any atom is 0.105 e. The summed E-state index contributed by atoms with van der Waals surface area (Å²) < 4.78 is 0. The molecule has 0 aliphatic carbocycles. The largest absolute Gasteiger partial charge is 0.326 e. The van der Waals surface area contributed by atoms with Crippen LogP contribution in [-0.2, 0) is 13.0 Å². The Kier molecular flexibility index (Phi) is 2.41. The highest BCUT2D eigenvalue weighted by Gasteiger charge is 2.20. The van der Waals surface area contributed by atoms with Crippen molar-refractivity contribution in [2.45, 2.75) is 13.0 Å². The Morgan fingerprint density at radius 2 is 1.47 bits per heavy atom. The van der Waals surface area contributed by atoms with Gasteiger partial charge in [-0.05, 0) is 23.3 Å². The van der Waals surface area contributed by atoms with Gasteiger partial charge in [0.05, 0.1) is 0 Å². The van der Waals surface area contributed by atoms with Crippen molar-refractivity contribution in [2.24, 2.45) is 0 Å². The second kappa shape index (κ2) is 4.06.